The molecule has 2 aliphatic rings. The predicted octanol–water partition coefficient (Wildman–Crippen LogP) is 2.26. The SMILES string of the molecule is O=C1CC2CCCC(OCc3ccccc3)C2N1. The van der Waals surface area contributed by atoms with Crippen molar-refractivity contribution in [1.82, 2.24) is 5.32 Å². The first-order valence-electron chi connectivity index (χ1n) is 6.78. The van der Waals surface area contributed by atoms with Crippen LogP contribution in [0.15, 0.2) is 30.3 Å². The summed E-state index contributed by atoms with van der Waals surface area (Å²) < 4.78 is 6.02. The van der Waals surface area contributed by atoms with Crippen molar-refractivity contribution in [1.29, 1.82) is 0 Å². The number of amides is 1. The molecular weight excluding hydrogens is 226 g/mol. The molecule has 0 aromatic heterocycles. The minimum atomic E-state index is 0.190. The van der Waals surface area contributed by atoms with E-state index in [0.717, 1.165) is 12.8 Å². The summed E-state index contributed by atoms with van der Waals surface area (Å²) in [6, 6.07) is 10.5. The van der Waals surface area contributed by atoms with E-state index in [2.05, 4.69) is 17.4 Å². The topological polar surface area (TPSA) is 38.3 Å². The lowest BCUT2D eigenvalue weighted by Crippen LogP contribution is -2.44. The average molecular weight is 245 g/mol. The maximum Gasteiger partial charge on any atom is 0.220 e. The first kappa shape index (κ1) is 11.7. The van der Waals surface area contributed by atoms with Crippen molar-refractivity contribution in [2.45, 2.75) is 44.4 Å². The molecule has 1 saturated carbocycles. The van der Waals surface area contributed by atoms with Gasteiger partial charge in [0.2, 0.25) is 5.91 Å². The first-order chi connectivity index (χ1) is 8.83. The summed E-state index contributed by atoms with van der Waals surface area (Å²) in [4.78, 5) is 11.5. The maximum absolute atomic E-state index is 11.5. The van der Waals surface area contributed by atoms with Crippen LogP contribution in [0.5, 0.6) is 0 Å². The van der Waals surface area contributed by atoms with E-state index in [0.29, 0.717) is 18.9 Å². The second kappa shape index (κ2) is 5.11. The summed E-state index contributed by atoms with van der Waals surface area (Å²) in [5.41, 5.74) is 1.20. The summed E-state index contributed by atoms with van der Waals surface area (Å²) in [5, 5.41) is 3.08. The molecule has 1 heterocycles. The Morgan fingerprint density at radius 2 is 2.06 bits per heavy atom. The standard InChI is InChI=1S/C15H19NO2/c17-14-9-12-7-4-8-13(15(12)16-14)18-10-11-5-2-1-3-6-11/h1-3,5-6,12-13,15H,4,7-10H2,(H,16,17). The molecule has 1 aromatic carbocycles. The number of hydrogen-bond acceptors (Lipinski definition) is 2. The molecule has 0 spiro atoms. The van der Waals surface area contributed by atoms with Crippen molar-refractivity contribution in [3.63, 3.8) is 0 Å². The van der Waals surface area contributed by atoms with Crippen molar-refractivity contribution in [2.24, 2.45) is 5.92 Å². The van der Waals surface area contributed by atoms with Crippen LogP contribution in [0.1, 0.15) is 31.2 Å². The fourth-order valence-corrected chi connectivity index (χ4v) is 3.13. The molecule has 1 aliphatic heterocycles. The van der Waals surface area contributed by atoms with Gasteiger partial charge in [0.15, 0.2) is 0 Å². The second-order valence-electron chi connectivity index (χ2n) is 5.32. The zero-order valence-electron chi connectivity index (χ0n) is 10.5. The van der Waals surface area contributed by atoms with Crippen molar-refractivity contribution in [3.05, 3.63) is 35.9 Å². The van der Waals surface area contributed by atoms with Gasteiger partial charge in [-0.05, 0) is 24.3 Å². The van der Waals surface area contributed by atoms with Crippen LogP contribution in [-0.2, 0) is 16.1 Å². The minimum absolute atomic E-state index is 0.190. The van der Waals surface area contributed by atoms with Crippen LogP contribution in [0.25, 0.3) is 0 Å². The molecule has 3 unspecified atom stereocenters. The third-order valence-corrected chi connectivity index (χ3v) is 4.05. The number of benzene rings is 1. The molecule has 2 fully saturated rings. The Morgan fingerprint density at radius 3 is 2.89 bits per heavy atom. The number of hydrogen-bond donors (Lipinski definition) is 1. The Balaban J connectivity index is 1.60. The summed E-state index contributed by atoms with van der Waals surface area (Å²) in [6.45, 7) is 0.643. The number of carbonyl (C=O) groups is 1. The Morgan fingerprint density at radius 1 is 1.22 bits per heavy atom. The average Bonchev–Trinajstić information content (AvgIpc) is 2.78. The van der Waals surface area contributed by atoms with Gasteiger partial charge in [-0.3, -0.25) is 4.79 Å². The highest BCUT2D eigenvalue weighted by Gasteiger charge is 2.40. The van der Waals surface area contributed by atoms with Crippen LogP contribution in [0.3, 0.4) is 0 Å². The lowest BCUT2D eigenvalue weighted by Gasteiger charge is -2.33. The van der Waals surface area contributed by atoms with Crippen LogP contribution >= 0.6 is 0 Å². The maximum atomic E-state index is 11.5. The van der Waals surface area contributed by atoms with E-state index in [1.54, 1.807) is 0 Å². The van der Waals surface area contributed by atoms with E-state index >= 15 is 0 Å². The molecule has 0 radical (unpaired) electrons. The molecule has 3 heteroatoms. The van der Waals surface area contributed by atoms with Gasteiger partial charge >= 0.3 is 0 Å². The number of nitrogens with one attached hydrogen (secondary N) is 1. The van der Waals surface area contributed by atoms with Gasteiger partial charge in [-0.25, -0.2) is 0 Å². The van der Waals surface area contributed by atoms with E-state index in [-0.39, 0.29) is 18.1 Å². The third-order valence-electron chi connectivity index (χ3n) is 4.05. The van der Waals surface area contributed by atoms with Crippen LogP contribution in [-0.4, -0.2) is 18.1 Å². The van der Waals surface area contributed by atoms with E-state index in [4.69, 9.17) is 4.74 Å². The smallest absolute Gasteiger partial charge is 0.220 e. The van der Waals surface area contributed by atoms with E-state index < -0.39 is 0 Å². The normalized spacial score (nSPS) is 30.9. The molecule has 3 rings (SSSR count). The fourth-order valence-electron chi connectivity index (χ4n) is 3.13. The zero-order chi connectivity index (χ0) is 12.4. The van der Waals surface area contributed by atoms with E-state index in [1.807, 2.05) is 18.2 Å². The lowest BCUT2D eigenvalue weighted by atomic mass is 9.83. The summed E-state index contributed by atoms with van der Waals surface area (Å²) in [5.74, 6) is 0.687. The molecule has 1 saturated heterocycles. The molecule has 1 N–H and O–H groups in total. The number of ether oxygens (including phenoxy) is 1. The first-order valence-corrected chi connectivity index (χ1v) is 6.78. The second-order valence-corrected chi connectivity index (χ2v) is 5.32. The monoisotopic (exact) mass is 245 g/mol. The van der Waals surface area contributed by atoms with Crippen molar-refractivity contribution < 1.29 is 9.53 Å². The van der Waals surface area contributed by atoms with Crippen LogP contribution in [0.4, 0.5) is 0 Å². The Kier molecular flexibility index (Phi) is 3.33. The molecule has 3 atom stereocenters. The lowest BCUT2D eigenvalue weighted by molar-refractivity contribution is -0.119. The number of carbonyl (C=O) groups excluding carboxylic acids is 1. The highest BCUT2D eigenvalue weighted by molar-refractivity contribution is 5.79. The Hall–Kier alpha value is -1.35. The molecule has 3 nitrogen and oxygen atoms in total. The van der Waals surface area contributed by atoms with Crippen molar-refractivity contribution >= 4 is 5.91 Å². The van der Waals surface area contributed by atoms with Gasteiger partial charge in [0, 0.05) is 6.42 Å². The molecule has 1 aliphatic carbocycles. The zero-order valence-corrected chi connectivity index (χ0v) is 10.5. The summed E-state index contributed by atoms with van der Waals surface area (Å²) in [6.07, 6.45) is 4.28. The minimum Gasteiger partial charge on any atom is -0.371 e. The van der Waals surface area contributed by atoms with Crippen LogP contribution < -0.4 is 5.32 Å². The Labute approximate surface area is 108 Å². The molecule has 1 aromatic rings. The molecule has 0 bridgehead atoms. The van der Waals surface area contributed by atoms with Crippen molar-refractivity contribution in [3.8, 4) is 0 Å². The van der Waals surface area contributed by atoms with Gasteiger partial charge < -0.3 is 10.1 Å². The third kappa shape index (κ3) is 2.41. The van der Waals surface area contributed by atoms with Gasteiger partial charge in [0.05, 0.1) is 18.8 Å². The van der Waals surface area contributed by atoms with Gasteiger partial charge in [-0.2, -0.15) is 0 Å². The fraction of sp³-hybridized carbons (Fsp3) is 0.533. The summed E-state index contributed by atoms with van der Waals surface area (Å²) >= 11 is 0. The van der Waals surface area contributed by atoms with Gasteiger partial charge in [-0.15, -0.1) is 0 Å². The molecule has 18 heavy (non-hydrogen) atoms. The molecule has 1 amide bonds. The van der Waals surface area contributed by atoms with Gasteiger partial charge in [-0.1, -0.05) is 36.8 Å². The largest absolute Gasteiger partial charge is 0.371 e. The highest BCUT2D eigenvalue weighted by atomic mass is 16.5. The summed E-state index contributed by atoms with van der Waals surface area (Å²) in [7, 11) is 0. The molecular formula is C15H19NO2. The van der Waals surface area contributed by atoms with Crippen LogP contribution in [0, 0.1) is 5.92 Å². The number of rotatable bonds is 3. The van der Waals surface area contributed by atoms with Crippen LogP contribution in [0.2, 0.25) is 0 Å². The van der Waals surface area contributed by atoms with Gasteiger partial charge in [0.25, 0.3) is 0 Å². The van der Waals surface area contributed by atoms with E-state index in [1.165, 1.54) is 12.0 Å². The Bertz CT molecular complexity index is 418. The van der Waals surface area contributed by atoms with Crippen molar-refractivity contribution in [2.75, 3.05) is 0 Å². The predicted molar refractivity (Wildman–Crippen MR) is 68.9 cm³/mol. The molecule has 96 valence electrons. The highest BCUT2D eigenvalue weighted by Crippen LogP contribution is 2.33. The van der Waals surface area contributed by atoms with Gasteiger partial charge in [0.1, 0.15) is 0 Å². The number of fused-ring (bicyclic) bond motifs is 1. The quantitative estimate of drug-likeness (QED) is 0.887. The van der Waals surface area contributed by atoms with E-state index in [9.17, 15) is 4.79 Å².